The van der Waals surface area contributed by atoms with E-state index in [1.807, 2.05) is 18.2 Å². The van der Waals surface area contributed by atoms with Gasteiger partial charge in [0, 0.05) is 25.7 Å². The number of nitrogens with zero attached hydrogens (tertiary/aromatic N) is 2. The first kappa shape index (κ1) is 15.8. The van der Waals surface area contributed by atoms with Crippen molar-refractivity contribution in [3.63, 3.8) is 0 Å². The molecule has 1 saturated heterocycles. The molecular weight excluding hydrogens is 320 g/mol. The van der Waals surface area contributed by atoms with Gasteiger partial charge in [0.15, 0.2) is 0 Å². The summed E-state index contributed by atoms with van der Waals surface area (Å²) in [6, 6.07) is 6.59. The molecular formula is C15H23BrN2O2. The standard InChI is InChI=1S/C15H23BrN2O2/c1-11-9-18(7-6-17(11)2)14(10-19)12-4-5-15(20-3)13(16)8-12/h4-5,8,11,14,19H,6-7,9-10H2,1-3H3. The molecule has 2 atom stereocenters. The van der Waals surface area contributed by atoms with Gasteiger partial charge in [-0.1, -0.05) is 6.07 Å². The largest absolute Gasteiger partial charge is 0.496 e. The highest BCUT2D eigenvalue weighted by atomic mass is 79.9. The number of likely N-dealkylation sites (N-methyl/N-ethyl adjacent to an activating group) is 1. The number of aliphatic hydroxyl groups is 1. The fourth-order valence-corrected chi connectivity index (χ4v) is 3.24. The zero-order chi connectivity index (χ0) is 14.7. The number of halogens is 1. The lowest BCUT2D eigenvalue weighted by Crippen LogP contribution is -2.51. The molecule has 5 heteroatoms. The molecule has 1 aliphatic heterocycles. The molecule has 0 radical (unpaired) electrons. The van der Waals surface area contributed by atoms with Gasteiger partial charge in [0.05, 0.1) is 24.2 Å². The molecule has 2 unspecified atom stereocenters. The molecule has 0 spiro atoms. The summed E-state index contributed by atoms with van der Waals surface area (Å²) >= 11 is 3.52. The molecule has 1 aromatic carbocycles. The van der Waals surface area contributed by atoms with Gasteiger partial charge in [-0.05, 0) is 47.6 Å². The van der Waals surface area contributed by atoms with E-state index < -0.39 is 0 Å². The minimum atomic E-state index is 0.0494. The zero-order valence-electron chi connectivity index (χ0n) is 12.3. The first-order valence-corrected chi connectivity index (χ1v) is 7.74. The zero-order valence-corrected chi connectivity index (χ0v) is 13.9. The number of rotatable bonds is 4. The van der Waals surface area contributed by atoms with Crippen molar-refractivity contribution in [2.45, 2.75) is 19.0 Å². The van der Waals surface area contributed by atoms with Crippen LogP contribution >= 0.6 is 15.9 Å². The Morgan fingerprint density at radius 3 is 2.75 bits per heavy atom. The van der Waals surface area contributed by atoms with E-state index in [0.717, 1.165) is 35.4 Å². The Kier molecular flexibility index (Phi) is 5.43. The smallest absolute Gasteiger partial charge is 0.133 e. The first-order chi connectivity index (χ1) is 9.56. The lowest BCUT2D eigenvalue weighted by molar-refractivity contribution is 0.0463. The molecule has 0 saturated carbocycles. The highest BCUT2D eigenvalue weighted by Gasteiger charge is 2.27. The van der Waals surface area contributed by atoms with E-state index in [2.05, 4.69) is 39.7 Å². The third kappa shape index (κ3) is 3.34. The van der Waals surface area contributed by atoms with Gasteiger partial charge in [0.2, 0.25) is 0 Å². The number of aliphatic hydroxyl groups excluding tert-OH is 1. The predicted octanol–water partition coefficient (Wildman–Crippen LogP) is 2.13. The lowest BCUT2D eigenvalue weighted by Gasteiger charge is -2.41. The number of hydrogen-bond acceptors (Lipinski definition) is 4. The van der Waals surface area contributed by atoms with Gasteiger partial charge < -0.3 is 14.7 Å². The van der Waals surface area contributed by atoms with E-state index in [0.29, 0.717) is 6.04 Å². The topological polar surface area (TPSA) is 35.9 Å². The lowest BCUT2D eigenvalue weighted by atomic mass is 10.0. The van der Waals surface area contributed by atoms with Crippen LogP contribution in [0.4, 0.5) is 0 Å². The van der Waals surface area contributed by atoms with Gasteiger partial charge in [0.25, 0.3) is 0 Å². The van der Waals surface area contributed by atoms with E-state index in [-0.39, 0.29) is 12.6 Å². The molecule has 1 aliphatic rings. The Morgan fingerprint density at radius 1 is 1.45 bits per heavy atom. The minimum Gasteiger partial charge on any atom is -0.496 e. The molecule has 0 aromatic heterocycles. The van der Waals surface area contributed by atoms with Crippen molar-refractivity contribution in [3.8, 4) is 5.75 Å². The summed E-state index contributed by atoms with van der Waals surface area (Å²) in [6.45, 7) is 5.36. The molecule has 0 amide bonds. The summed E-state index contributed by atoms with van der Waals surface area (Å²) in [7, 11) is 3.81. The van der Waals surface area contributed by atoms with Crippen LogP contribution in [0.25, 0.3) is 0 Å². The van der Waals surface area contributed by atoms with Crippen LogP contribution in [0.1, 0.15) is 18.5 Å². The summed E-state index contributed by atoms with van der Waals surface area (Å²) in [5.74, 6) is 0.817. The van der Waals surface area contributed by atoms with Gasteiger partial charge in [0.1, 0.15) is 5.75 Å². The Hall–Kier alpha value is -0.620. The average molecular weight is 343 g/mol. The second-order valence-electron chi connectivity index (χ2n) is 5.42. The number of methoxy groups -OCH3 is 1. The van der Waals surface area contributed by atoms with Crippen LogP contribution in [0.3, 0.4) is 0 Å². The minimum absolute atomic E-state index is 0.0494. The van der Waals surface area contributed by atoms with E-state index in [1.54, 1.807) is 7.11 Å². The van der Waals surface area contributed by atoms with Gasteiger partial charge >= 0.3 is 0 Å². The molecule has 1 N–H and O–H groups in total. The fourth-order valence-electron chi connectivity index (χ4n) is 2.68. The van der Waals surface area contributed by atoms with Gasteiger partial charge in [-0.3, -0.25) is 4.90 Å². The second kappa shape index (κ2) is 6.89. The second-order valence-corrected chi connectivity index (χ2v) is 6.27. The predicted molar refractivity (Wildman–Crippen MR) is 84.2 cm³/mol. The SMILES string of the molecule is COc1ccc(C(CO)N2CCN(C)C(C)C2)cc1Br. The molecule has 1 aromatic rings. The average Bonchev–Trinajstić information content (AvgIpc) is 2.44. The van der Waals surface area contributed by atoms with Gasteiger partial charge in [-0.2, -0.15) is 0 Å². The van der Waals surface area contributed by atoms with Crippen molar-refractivity contribution < 1.29 is 9.84 Å². The molecule has 1 heterocycles. The first-order valence-electron chi connectivity index (χ1n) is 6.95. The third-order valence-corrected chi connectivity index (χ3v) is 4.79. The summed E-state index contributed by atoms with van der Waals surface area (Å²) < 4.78 is 6.19. The summed E-state index contributed by atoms with van der Waals surface area (Å²) in [5.41, 5.74) is 1.12. The quantitative estimate of drug-likeness (QED) is 0.909. The van der Waals surface area contributed by atoms with Crippen molar-refractivity contribution >= 4 is 15.9 Å². The summed E-state index contributed by atoms with van der Waals surface area (Å²) in [4.78, 5) is 4.72. The van der Waals surface area contributed by atoms with Crippen molar-refractivity contribution in [2.24, 2.45) is 0 Å². The van der Waals surface area contributed by atoms with Crippen molar-refractivity contribution in [3.05, 3.63) is 28.2 Å². The van der Waals surface area contributed by atoms with Crippen LogP contribution in [0.2, 0.25) is 0 Å². The Morgan fingerprint density at radius 2 is 2.20 bits per heavy atom. The Balaban J connectivity index is 2.17. The van der Waals surface area contributed by atoms with Crippen LogP contribution in [0.5, 0.6) is 5.75 Å². The monoisotopic (exact) mass is 342 g/mol. The van der Waals surface area contributed by atoms with Crippen LogP contribution in [0, 0.1) is 0 Å². The summed E-state index contributed by atoms with van der Waals surface area (Å²) in [6.07, 6.45) is 0. The molecule has 0 aliphatic carbocycles. The number of benzene rings is 1. The molecule has 20 heavy (non-hydrogen) atoms. The number of piperazine rings is 1. The summed E-state index contributed by atoms with van der Waals surface area (Å²) in [5, 5.41) is 9.80. The van der Waals surface area contributed by atoms with E-state index in [4.69, 9.17) is 4.74 Å². The molecule has 4 nitrogen and oxygen atoms in total. The molecule has 112 valence electrons. The molecule has 1 fully saturated rings. The van der Waals surface area contributed by atoms with Crippen LogP contribution in [-0.2, 0) is 0 Å². The third-order valence-electron chi connectivity index (χ3n) is 4.17. The van der Waals surface area contributed by atoms with E-state index >= 15 is 0 Å². The van der Waals surface area contributed by atoms with Crippen LogP contribution < -0.4 is 4.74 Å². The highest BCUT2D eigenvalue weighted by Crippen LogP contribution is 2.31. The maximum absolute atomic E-state index is 9.80. The van der Waals surface area contributed by atoms with Crippen LogP contribution in [0.15, 0.2) is 22.7 Å². The fraction of sp³-hybridized carbons (Fsp3) is 0.600. The molecule has 2 rings (SSSR count). The van der Waals surface area contributed by atoms with E-state index in [1.165, 1.54) is 0 Å². The van der Waals surface area contributed by atoms with Crippen molar-refractivity contribution in [1.29, 1.82) is 0 Å². The normalized spacial score (nSPS) is 22.8. The van der Waals surface area contributed by atoms with Crippen molar-refractivity contribution in [1.82, 2.24) is 9.80 Å². The number of hydrogen-bond donors (Lipinski definition) is 1. The number of ether oxygens (including phenoxy) is 1. The Labute approximate surface area is 129 Å². The molecule has 0 bridgehead atoms. The maximum Gasteiger partial charge on any atom is 0.133 e. The van der Waals surface area contributed by atoms with Gasteiger partial charge in [-0.15, -0.1) is 0 Å². The van der Waals surface area contributed by atoms with Crippen LogP contribution in [-0.4, -0.2) is 61.3 Å². The van der Waals surface area contributed by atoms with Crippen molar-refractivity contribution in [2.75, 3.05) is 40.4 Å². The van der Waals surface area contributed by atoms with Gasteiger partial charge in [-0.25, -0.2) is 0 Å². The van der Waals surface area contributed by atoms with E-state index in [9.17, 15) is 5.11 Å². The maximum atomic E-state index is 9.80. The highest BCUT2D eigenvalue weighted by molar-refractivity contribution is 9.10. The Bertz CT molecular complexity index is 455.